The average molecular weight is 403 g/mol. The summed E-state index contributed by atoms with van der Waals surface area (Å²) in [7, 11) is 0. The maximum atomic E-state index is 12.7. The van der Waals surface area contributed by atoms with Crippen LogP contribution in [-0.4, -0.2) is 16.1 Å². The summed E-state index contributed by atoms with van der Waals surface area (Å²) in [5.74, 6) is 0.487. The lowest BCUT2D eigenvalue weighted by atomic mass is 10.1. The van der Waals surface area contributed by atoms with E-state index < -0.39 is 5.97 Å². The molecule has 2 aromatic heterocycles. The van der Waals surface area contributed by atoms with Crippen LogP contribution in [0.3, 0.4) is 0 Å². The van der Waals surface area contributed by atoms with Gasteiger partial charge in [0.1, 0.15) is 11.4 Å². The van der Waals surface area contributed by atoms with E-state index in [9.17, 15) is 4.79 Å². The van der Waals surface area contributed by atoms with E-state index in [1.165, 1.54) is 5.56 Å². The van der Waals surface area contributed by atoms with Crippen LogP contribution in [0.25, 0.3) is 11.4 Å². The first-order chi connectivity index (χ1) is 14.2. The lowest BCUT2D eigenvalue weighted by Crippen LogP contribution is -2.11. The number of benzene rings is 2. The van der Waals surface area contributed by atoms with Gasteiger partial charge in [-0.05, 0) is 35.9 Å². The summed E-state index contributed by atoms with van der Waals surface area (Å²) in [6.07, 6.45) is 1.60. The van der Waals surface area contributed by atoms with E-state index >= 15 is 0 Å². The molecule has 0 atom stereocenters. The number of hydrogen-bond acceptors (Lipinski definition) is 7. The Morgan fingerprint density at radius 3 is 2.66 bits per heavy atom. The van der Waals surface area contributed by atoms with Gasteiger partial charge in [-0.25, -0.2) is 4.79 Å². The molecular formula is C22H17N3O3S. The third kappa shape index (κ3) is 4.47. The van der Waals surface area contributed by atoms with E-state index in [0.29, 0.717) is 11.4 Å². The molecule has 6 nitrogen and oxygen atoms in total. The normalized spacial score (nSPS) is 10.6. The minimum absolute atomic E-state index is 0.0611. The highest BCUT2D eigenvalue weighted by Crippen LogP contribution is 2.29. The number of thioether (sulfide) groups is 1. The Kier molecular flexibility index (Phi) is 5.58. The standard InChI is InChI=1S/C22H17N3O3S/c23-21-19(20(25-28-21)18-11-4-5-12-24-18)22(26)27-16-9-6-10-17(13-16)29-14-15-7-2-1-3-8-15/h1-13H,14,23H2. The number of nitrogens with two attached hydrogens (primary N) is 1. The predicted molar refractivity (Wildman–Crippen MR) is 112 cm³/mol. The number of hydrogen-bond donors (Lipinski definition) is 1. The summed E-state index contributed by atoms with van der Waals surface area (Å²) in [5, 5.41) is 3.86. The van der Waals surface area contributed by atoms with Crippen molar-refractivity contribution in [2.24, 2.45) is 0 Å². The zero-order chi connectivity index (χ0) is 20.1. The second kappa shape index (κ2) is 8.62. The number of carbonyl (C=O) groups is 1. The van der Waals surface area contributed by atoms with Crippen LogP contribution >= 0.6 is 11.8 Å². The van der Waals surface area contributed by atoms with Gasteiger partial charge in [-0.2, -0.15) is 0 Å². The smallest absolute Gasteiger partial charge is 0.351 e. The molecule has 0 spiro atoms. The average Bonchev–Trinajstić information content (AvgIpc) is 3.15. The van der Waals surface area contributed by atoms with E-state index in [1.807, 2.05) is 36.4 Å². The molecule has 0 unspecified atom stereocenters. The molecule has 2 heterocycles. The van der Waals surface area contributed by atoms with Gasteiger partial charge in [0.25, 0.3) is 0 Å². The van der Waals surface area contributed by atoms with E-state index in [2.05, 4.69) is 22.3 Å². The summed E-state index contributed by atoms with van der Waals surface area (Å²) in [6.45, 7) is 0. The van der Waals surface area contributed by atoms with Gasteiger partial charge in [-0.3, -0.25) is 4.98 Å². The van der Waals surface area contributed by atoms with Crippen molar-refractivity contribution >= 4 is 23.6 Å². The van der Waals surface area contributed by atoms with Crippen LogP contribution < -0.4 is 10.5 Å². The molecule has 7 heteroatoms. The van der Waals surface area contributed by atoms with Crippen molar-refractivity contribution in [3.05, 3.63) is 90.1 Å². The molecule has 0 bridgehead atoms. The van der Waals surface area contributed by atoms with Crippen LogP contribution in [0.15, 0.2) is 88.4 Å². The summed E-state index contributed by atoms with van der Waals surface area (Å²) in [4.78, 5) is 17.9. The van der Waals surface area contributed by atoms with Crippen LogP contribution in [0.5, 0.6) is 5.75 Å². The third-order valence-electron chi connectivity index (χ3n) is 4.09. The quantitative estimate of drug-likeness (QED) is 0.280. The van der Waals surface area contributed by atoms with E-state index in [-0.39, 0.29) is 17.1 Å². The number of rotatable bonds is 6. The first kappa shape index (κ1) is 18.8. The number of nitrogens with zero attached hydrogens (tertiary/aromatic N) is 2. The van der Waals surface area contributed by atoms with Gasteiger partial charge >= 0.3 is 5.97 Å². The fraction of sp³-hybridized carbons (Fsp3) is 0.0455. The predicted octanol–water partition coefficient (Wildman–Crippen LogP) is 4.83. The zero-order valence-electron chi connectivity index (χ0n) is 15.3. The summed E-state index contributed by atoms with van der Waals surface area (Å²) >= 11 is 1.66. The highest BCUT2D eigenvalue weighted by atomic mass is 32.2. The molecular weight excluding hydrogens is 386 g/mol. The molecule has 29 heavy (non-hydrogen) atoms. The van der Waals surface area contributed by atoms with Crippen molar-refractivity contribution < 1.29 is 14.1 Å². The number of esters is 1. The van der Waals surface area contributed by atoms with Crippen LogP contribution in [0.2, 0.25) is 0 Å². The number of anilines is 1. The van der Waals surface area contributed by atoms with Crippen LogP contribution in [0, 0.1) is 0 Å². The first-order valence-corrected chi connectivity index (χ1v) is 9.85. The molecule has 0 fully saturated rings. The second-order valence-electron chi connectivity index (χ2n) is 6.12. The molecule has 144 valence electrons. The van der Waals surface area contributed by atoms with E-state index in [0.717, 1.165) is 10.6 Å². The molecule has 0 aliphatic carbocycles. The molecule has 0 amide bonds. The number of aromatic nitrogens is 2. The summed E-state index contributed by atoms with van der Waals surface area (Å²) in [5.41, 5.74) is 7.83. The number of pyridine rings is 1. The third-order valence-corrected chi connectivity index (χ3v) is 5.16. The molecule has 0 saturated heterocycles. The van der Waals surface area contributed by atoms with Crippen LogP contribution in [0.1, 0.15) is 15.9 Å². The van der Waals surface area contributed by atoms with Crippen molar-refractivity contribution in [3.8, 4) is 17.1 Å². The highest BCUT2D eigenvalue weighted by Gasteiger charge is 2.25. The fourth-order valence-corrected chi connectivity index (χ4v) is 3.60. The second-order valence-corrected chi connectivity index (χ2v) is 7.17. The van der Waals surface area contributed by atoms with Gasteiger partial charge in [-0.1, -0.05) is 47.6 Å². The molecule has 0 saturated carbocycles. The van der Waals surface area contributed by atoms with Crippen molar-refractivity contribution in [2.45, 2.75) is 10.6 Å². The zero-order valence-corrected chi connectivity index (χ0v) is 16.1. The van der Waals surface area contributed by atoms with Gasteiger partial charge in [0, 0.05) is 16.8 Å². The Hall–Kier alpha value is -3.58. The topological polar surface area (TPSA) is 91.2 Å². The maximum absolute atomic E-state index is 12.7. The van der Waals surface area contributed by atoms with Gasteiger partial charge in [0.15, 0.2) is 5.56 Å². The summed E-state index contributed by atoms with van der Waals surface area (Å²) in [6, 6.07) is 22.8. The Morgan fingerprint density at radius 1 is 1.03 bits per heavy atom. The van der Waals surface area contributed by atoms with E-state index in [1.54, 1.807) is 42.2 Å². The van der Waals surface area contributed by atoms with Gasteiger partial charge in [0.2, 0.25) is 5.88 Å². The number of nitrogen functional groups attached to an aromatic ring is 1. The van der Waals surface area contributed by atoms with Gasteiger partial charge < -0.3 is 15.0 Å². The molecule has 4 aromatic rings. The lowest BCUT2D eigenvalue weighted by molar-refractivity contribution is 0.0736. The van der Waals surface area contributed by atoms with Crippen molar-refractivity contribution in [1.29, 1.82) is 0 Å². The van der Waals surface area contributed by atoms with Gasteiger partial charge in [0.05, 0.1) is 5.69 Å². The molecule has 0 aliphatic heterocycles. The minimum Gasteiger partial charge on any atom is -0.423 e. The van der Waals surface area contributed by atoms with Crippen molar-refractivity contribution in [1.82, 2.24) is 10.1 Å². The Balaban J connectivity index is 1.50. The van der Waals surface area contributed by atoms with Crippen molar-refractivity contribution in [2.75, 3.05) is 5.73 Å². The Bertz CT molecular complexity index is 1110. The fourth-order valence-electron chi connectivity index (χ4n) is 2.70. The van der Waals surface area contributed by atoms with Crippen LogP contribution in [0.4, 0.5) is 5.88 Å². The van der Waals surface area contributed by atoms with Crippen LogP contribution in [-0.2, 0) is 5.75 Å². The SMILES string of the molecule is Nc1onc(-c2ccccn2)c1C(=O)Oc1cccc(SCc2ccccc2)c1. The molecule has 0 aliphatic rings. The molecule has 2 N–H and O–H groups in total. The largest absolute Gasteiger partial charge is 0.423 e. The molecule has 0 radical (unpaired) electrons. The first-order valence-electron chi connectivity index (χ1n) is 8.86. The molecule has 2 aromatic carbocycles. The minimum atomic E-state index is -0.644. The van der Waals surface area contributed by atoms with Gasteiger partial charge in [-0.15, -0.1) is 11.8 Å². The Labute approximate surface area is 171 Å². The lowest BCUT2D eigenvalue weighted by Gasteiger charge is -2.07. The van der Waals surface area contributed by atoms with E-state index in [4.69, 9.17) is 15.0 Å². The summed E-state index contributed by atoms with van der Waals surface area (Å²) < 4.78 is 10.5. The molecule has 4 rings (SSSR count). The maximum Gasteiger partial charge on any atom is 0.351 e. The highest BCUT2D eigenvalue weighted by molar-refractivity contribution is 7.98. The van der Waals surface area contributed by atoms with Crippen molar-refractivity contribution in [3.63, 3.8) is 0 Å². The number of ether oxygens (including phenoxy) is 1. The monoisotopic (exact) mass is 403 g/mol. The Morgan fingerprint density at radius 2 is 1.86 bits per heavy atom. The number of carbonyl (C=O) groups excluding carboxylic acids is 1.